The lowest BCUT2D eigenvalue weighted by Crippen LogP contribution is -2.43. The largest absolute Gasteiger partial charge is 0.379 e. The molecule has 4 nitrogen and oxygen atoms in total. The third-order valence-electron chi connectivity index (χ3n) is 4.94. The lowest BCUT2D eigenvalue weighted by Gasteiger charge is -2.38. The van der Waals surface area contributed by atoms with Crippen LogP contribution in [-0.2, 0) is 4.74 Å². The van der Waals surface area contributed by atoms with Gasteiger partial charge in [-0.25, -0.2) is 0 Å². The Morgan fingerprint density at radius 3 is 2.70 bits per heavy atom. The van der Waals surface area contributed by atoms with Crippen molar-refractivity contribution in [2.45, 2.75) is 38.5 Å². The summed E-state index contributed by atoms with van der Waals surface area (Å²) in [4.78, 5) is 6.85. The van der Waals surface area contributed by atoms with Crippen LogP contribution in [0.5, 0.6) is 0 Å². The molecule has 0 aromatic heterocycles. The fourth-order valence-electron chi connectivity index (χ4n) is 3.30. The van der Waals surface area contributed by atoms with E-state index in [1.54, 1.807) is 0 Å². The minimum absolute atomic E-state index is 0. The highest BCUT2D eigenvalue weighted by atomic mass is 127. The standard InChI is InChI=1S/C15H27N3O.HI/c1-16-14(17-8-10-19-11-13-3-4-13)18-9-7-15(12-18)5-2-6-15;/h13H,2-12H2,1H3,(H,16,17);1H. The molecule has 116 valence electrons. The molecule has 3 rings (SSSR count). The van der Waals surface area contributed by atoms with Crippen LogP contribution in [0.3, 0.4) is 0 Å². The smallest absolute Gasteiger partial charge is 0.193 e. The SMILES string of the molecule is CN=C(NCCOCC1CC1)N1CCC2(CCC2)C1.I. The Morgan fingerprint density at radius 2 is 2.15 bits per heavy atom. The third-order valence-corrected chi connectivity index (χ3v) is 4.94. The molecule has 2 saturated carbocycles. The number of nitrogens with zero attached hydrogens (tertiary/aromatic N) is 2. The summed E-state index contributed by atoms with van der Waals surface area (Å²) < 4.78 is 5.65. The van der Waals surface area contributed by atoms with Gasteiger partial charge in [-0.05, 0) is 43.4 Å². The molecule has 0 amide bonds. The van der Waals surface area contributed by atoms with Crippen molar-refractivity contribution in [1.29, 1.82) is 0 Å². The van der Waals surface area contributed by atoms with E-state index in [9.17, 15) is 0 Å². The second kappa shape index (κ2) is 7.29. The molecule has 1 heterocycles. The van der Waals surface area contributed by atoms with E-state index >= 15 is 0 Å². The van der Waals surface area contributed by atoms with Gasteiger partial charge in [-0.1, -0.05) is 6.42 Å². The molecule has 1 N–H and O–H groups in total. The maximum Gasteiger partial charge on any atom is 0.193 e. The zero-order valence-corrected chi connectivity index (χ0v) is 14.9. The minimum Gasteiger partial charge on any atom is -0.379 e. The Kier molecular flexibility index (Phi) is 5.95. The van der Waals surface area contributed by atoms with E-state index in [1.807, 2.05) is 7.05 Å². The van der Waals surface area contributed by atoms with Crippen LogP contribution in [0.2, 0.25) is 0 Å². The van der Waals surface area contributed by atoms with Crippen LogP contribution < -0.4 is 5.32 Å². The lowest BCUT2D eigenvalue weighted by atomic mass is 9.68. The van der Waals surface area contributed by atoms with Gasteiger partial charge in [0.15, 0.2) is 5.96 Å². The van der Waals surface area contributed by atoms with Crippen molar-refractivity contribution < 1.29 is 4.74 Å². The zero-order valence-electron chi connectivity index (χ0n) is 12.6. The number of hydrogen-bond donors (Lipinski definition) is 1. The van der Waals surface area contributed by atoms with Crippen LogP contribution in [0.1, 0.15) is 38.5 Å². The van der Waals surface area contributed by atoms with Gasteiger partial charge in [0.2, 0.25) is 0 Å². The zero-order chi connectivity index (χ0) is 13.1. The molecule has 0 radical (unpaired) electrons. The van der Waals surface area contributed by atoms with Crippen LogP contribution in [0.25, 0.3) is 0 Å². The van der Waals surface area contributed by atoms with Gasteiger partial charge < -0.3 is 15.0 Å². The van der Waals surface area contributed by atoms with Crippen LogP contribution in [0.15, 0.2) is 4.99 Å². The highest BCUT2D eigenvalue weighted by Crippen LogP contribution is 2.47. The van der Waals surface area contributed by atoms with Gasteiger partial charge in [0.05, 0.1) is 6.61 Å². The van der Waals surface area contributed by atoms with E-state index in [1.165, 1.54) is 51.6 Å². The Hall–Kier alpha value is -0.0400. The quantitative estimate of drug-likeness (QED) is 0.338. The molecule has 3 fully saturated rings. The number of guanidine groups is 1. The van der Waals surface area contributed by atoms with Gasteiger partial charge in [0.1, 0.15) is 0 Å². The van der Waals surface area contributed by atoms with Gasteiger partial charge in [0.25, 0.3) is 0 Å². The van der Waals surface area contributed by atoms with Crippen molar-refractivity contribution in [3.63, 3.8) is 0 Å². The van der Waals surface area contributed by atoms with Crippen LogP contribution in [0, 0.1) is 11.3 Å². The first-order valence-corrected chi connectivity index (χ1v) is 7.85. The summed E-state index contributed by atoms with van der Waals surface area (Å²) in [6.07, 6.45) is 8.35. The highest BCUT2D eigenvalue weighted by molar-refractivity contribution is 14.0. The fraction of sp³-hybridized carbons (Fsp3) is 0.933. The monoisotopic (exact) mass is 393 g/mol. The maximum absolute atomic E-state index is 5.65. The number of halogens is 1. The van der Waals surface area contributed by atoms with E-state index in [2.05, 4.69) is 15.2 Å². The van der Waals surface area contributed by atoms with Crippen LogP contribution >= 0.6 is 24.0 Å². The Bertz CT molecular complexity index is 340. The first-order valence-electron chi connectivity index (χ1n) is 7.85. The van der Waals surface area contributed by atoms with Crippen molar-refractivity contribution in [3.8, 4) is 0 Å². The highest BCUT2D eigenvalue weighted by Gasteiger charge is 2.43. The average Bonchev–Trinajstić information content (AvgIpc) is 3.08. The summed E-state index contributed by atoms with van der Waals surface area (Å²) in [5.74, 6) is 1.93. The molecule has 20 heavy (non-hydrogen) atoms. The van der Waals surface area contributed by atoms with Gasteiger partial charge in [0, 0.05) is 33.3 Å². The fourth-order valence-corrected chi connectivity index (χ4v) is 3.30. The molecule has 3 aliphatic rings. The normalized spacial score (nSPS) is 24.4. The lowest BCUT2D eigenvalue weighted by molar-refractivity contribution is 0.128. The maximum atomic E-state index is 5.65. The van der Waals surface area contributed by atoms with Crippen molar-refractivity contribution in [2.75, 3.05) is 39.9 Å². The van der Waals surface area contributed by atoms with Gasteiger partial charge >= 0.3 is 0 Å². The number of rotatable bonds is 5. The molecule has 1 aliphatic heterocycles. The van der Waals surface area contributed by atoms with E-state index in [4.69, 9.17) is 4.74 Å². The van der Waals surface area contributed by atoms with E-state index in [0.29, 0.717) is 5.41 Å². The van der Waals surface area contributed by atoms with Gasteiger partial charge in [-0.2, -0.15) is 0 Å². The molecule has 5 heteroatoms. The molecule has 1 spiro atoms. The van der Waals surface area contributed by atoms with E-state index in [0.717, 1.165) is 31.6 Å². The predicted octanol–water partition coefficient (Wildman–Crippen LogP) is 2.48. The van der Waals surface area contributed by atoms with Crippen LogP contribution in [0.4, 0.5) is 0 Å². The van der Waals surface area contributed by atoms with Gasteiger partial charge in [-0.3, -0.25) is 4.99 Å². The number of ether oxygens (including phenoxy) is 1. The first kappa shape index (κ1) is 16.3. The predicted molar refractivity (Wildman–Crippen MR) is 92.8 cm³/mol. The van der Waals surface area contributed by atoms with E-state index < -0.39 is 0 Å². The van der Waals surface area contributed by atoms with Crippen molar-refractivity contribution >= 4 is 29.9 Å². The molecule has 0 bridgehead atoms. The molecule has 0 aromatic rings. The summed E-state index contributed by atoms with van der Waals surface area (Å²) in [6.45, 7) is 5.00. The second-order valence-corrected chi connectivity index (χ2v) is 6.52. The average molecular weight is 393 g/mol. The Labute approximate surface area is 139 Å². The Morgan fingerprint density at radius 1 is 1.35 bits per heavy atom. The number of likely N-dealkylation sites (tertiary alicyclic amines) is 1. The van der Waals surface area contributed by atoms with Crippen LogP contribution in [-0.4, -0.2) is 50.8 Å². The van der Waals surface area contributed by atoms with Crippen molar-refractivity contribution in [2.24, 2.45) is 16.3 Å². The molecule has 2 aliphatic carbocycles. The van der Waals surface area contributed by atoms with Crippen molar-refractivity contribution in [3.05, 3.63) is 0 Å². The summed E-state index contributed by atoms with van der Waals surface area (Å²) >= 11 is 0. The number of nitrogens with one attached hydrogen (secondary N) is 1. The first-order chi connectivity index (χ1) is 9.31. The molecule has 1 saturated heterocycles. The molecular weight excluding hydrogens is 365 g/mol. The van der Waals surface area contributed by atoms with E-state index in [-0.39, 0.29) is 24.0 Å². The summed E-state index contributed by atoms with van der Waals surface area (Å²) in [5, 5.41) is 3.44. The summed E-state index contributed by atoms with van der Waals surface area (Å²) in [6, 6.07) is 0. The summed E-state index contributed by atoms with van der Waals surface area (Å²) in [7, 11) is 1.89. The summed E-state index contributed by atoms with van der Waals surface area (Å²) in [5.41, 5.74) is 0.639. The topological polar surface area (TPSA) is 36.9 Å². The number of hydrogen-bond acceptors (Lipinski definition) is 2. The molecule has 0 aromatic carbocycles. The Balaban J connectivity index is 0.00000147. The van der Waals surface area contributed by atoms with Crippen molar-refractivity contribution in [1.82, 2.24) is 10.2 Å². The second-order valence-electron chi connectivity index (χ2n) is 6.52. The molecule has 0 unspecified atom stereocenters. The third kappa shape index (κ3) is 4.00. The molecule has 0 atom stereocenters. The molecular formula is C15H28IN3O. The minimum atomic E-state index is 0. The van der Waals surface area contributed by atoms with Gasteiger partial charge in [-0.15, -0.1) is 24.0 Å². The number of aliphatic imine (C=N–C) groups is 1.